The topological polar surface area (TPSA) is 66.8 Å². The van der Waals surface area contributed by atoms with Crippen LogP contribution < -0.4 is 0 Å². The van der Waals surface area contributed by atoms with Crippen molar-refractivity contribution in [2.75, 3.05) is 13.7 Å². The fourth-order valence-corrected chi connectivity index (χ4v) is 0.592. The Balaban J connectivity index is 4.48. The van der Waals surface area contributed by atoms with Crippen LogP contribution in [0.3, 0.4) is 0 Å². The monoisotopic (exact) mass is 189 g/mol. The van der Waals surface area contributed by atoms with Crippen LogP contribution in [0.25, 0.3) is 0 Å². The molecule has 1 N–H and O–H groups in total. The third-order valence-electron chi connectivity index (χ3n) is 1.90. The van der Waals surface area contributed by atoms with Crippen molar-refractivity contribution in [2.24, 2.45) is 0 Å². The Morgan fingerprint density at radius 2 is 1.92 bits per heavy atom. The summed E-state index contributed by atoms with van der Waals surface area (Å²) in [5.74, 6) is -1.07. The molecule has 5 nitrogen and oxygen atoms in total. The number of likely N-dealkylation sites (N-methyl/N-ethyl adjacent to an activating group) is 1. The molecule has 1 amide bonds. The van der Waals surface area contributed by atoms with Gasteiger partial charge in [0.05, 0.1) is 6.61 Å². The molecule has 76 valence electrons. The van der Waals surface area contributed by atoms with Crippen molar-refractivity contribution in [3.8, 4) is 0 Å². The Morgan fingerprint density at radius 3 is 2.23 bits per heavy atom. The van der Waals surface area contributed by atoms with Gasteiger partial charge in [-0.1, -0.05) is 0 Å². The van der Waals surface area contributed by atoms with Gasteiger partial charge in [-0.25, -0.2) is 9.59 Å². The highest BCUT2D eigenvalue weighted by Crippen LogP contribution is 2.13. The van der Waals surface area contributed by atoms with Gasteiger partial charge >= 0.3 is 12.1 Å². The Bertz CT molecular complexity index is 212. The molecule has 0 bridgehead atoms. The highest BCUT2D eigenvalue weighted by Gasteiger charge is 2.35. The van der Waals surface area contributed by atoms with Crippen LogP contribution in [0, 0.1) is 0 Å². The summed E-state index contributed by atoms with van der Waals surface area (Å²) in [6.07, 6.45) is -0.630. The Labute approximate surface area is 77.3 Å². The van der Waals surface area contributed by atoms with Crippen LogP contribution in [0.1, 0.15) is 20.8 Å². The van der Waals surface area contributed by atoms with Crippen LogP contribution in [0.2, 0.25) is 0 Å². The summed E-state index contributed by atoms with van der Waals surface area (Å²) in [6, 6.07) is 0. The third-order valence-corrected chi connectivity index (χ3v) is 1.90. The SMILES string of the molecule is CCOC(=O)N(C)C(C)(C)C(=O)O. The first kappa shape index (κ1) is 11.7. The molecule has 13 heavy (non-hydrogen) atoms. The Kier molecular flexibility index (Phi) is 3.71. The summed E-state index contributed by atoms with van der Waals surface area (Å²) in [6.45, 7) is 4.77. The molecule has 0 saturated carbocycles. The first-order chi connectivity index (χ1) is 5.84. The van der Waals surface area contributed by atoms with Crippen molar-refractivity contribution in [3.05, 3.63) is 0 Å². The van der Waals surface area contributed by atoms with E-state index in [-0.39, 0.29) is 6.61 Å². The first-order valence-electron chi connectivity index (χ1n) is 3.98. The molecule has 0 radical (unpaired) electrons. The molecular formula is C8H15NO4. The predicted molar refractivity (Wildman–Crippen MR) is 46.5 cm³/mol. The van der Waals surface area contributed by atoms with E-state index in [0.717, 1.165) is 4.90 Å². The van der Waals surface area contributed by atoms with Crippen molar-refractivity contribution >= 4 is 12.1 Å². The molecule has 0 atom stereocenters. The molecule has 0 unspecified atom stereocenters. The van der Waals surface area contributed by atoms with E-state index >= 15 is 0 Å². The van der Waals surface area contributed by atoms with E-state index in [1.165, 1.54) is 20.9 Å². The molecule has 0 saturated heterocycles. The van der Waals surface area contributed by atoms with Gasteiger partial charge in [-0.2, -0.15) is 0 Å². The van der Waals surface area contributed by atoms with Gasteiger partial charge in [-0.15, -0.1) is 0 Å². The molecule has 0 spiro atoms. The van der Waals surface area contributed by atoms with E-state index in [2.05, 4.69) is 4.74 Å². The van der Waals surface area contributed by atoms with Gasteiger partial charge in [0.15, 0.2) is 0 Å². The maximum absolute atomic E-state index is 11.1. The molecule has 0 aromatic heterocycles. The van der Waals surface area contributed by atoms with E-state index in [1.807, 2.05) is 0 Å². The second kappa shape index (κ2) is 4.11. The highest BCUT2D eigenvalue weighted by molar-refractivity contribution is 5.83. The summed E-state index contributed by atoms with van der Waals surface area (Å²) in [7, 11) is 1.39. The van der Waals surface area contributed by atoms with E-state index in [9.17, 15) is 9.59 Å². The molecule has 0 aromatic carbocycles. The maximum Gasteiger partial charge on any atom is 0.410 e. The summed E-state index contributed by atoms with van der Waals surface area (Å²) in [5, 5.41) is 8.78. The average molecular weight is 189 g/mol. The minimum atomic E-state index is -1.24. The van der Waals surface area contributed by atoms with Crippen molar-refractivity contribution in [2.45, 2.75) is 26.3 Å². The normalized spacial score (nSPS) is 10.8. The number of hydrogen-bond acceptors (Lipinski definition) is 3. The molecule has 0 aliphatic carbocycles. The standard InChI is InChI=1S/C8H15NO4/c1-5-13-7(12)9(4)8(2,3)6(10)11/h5H2,1-4H3,(H,10,11). The lowest BCUT2D eigenvalue weighted by atomic mass is 10.1. The predicted octanol–water partition coefficient (Wildman–Crippen LogP) is 0.938. The van der Waals surface area contributed by atoms with Crippen molar-refractivity contribution in [1.82, 2.24) is 4.90 Å². The van der Waals surface area contributed by atoms with Gasteiger partial charge in [-0.05, 0) is 20.8 Å². The van der Waals surface area contributed by atoms with Crippen LogP contribution in [-0.4, -0.2) is 41.3 Å². The van der Waals surface area contributed by atoms with Gasteiger partial charge < -0.3 is 9.84 Å². The van der Waals surface area contributed by atoms with Gasteiger partial charge in [0.25, 0.3) is 0 Å². The minimum absolute atomic E-state index is 0.235. The van der Waals surface area contributed by atoms with Crippen LogP contribution in [0.15, 0.2) is 0 Å². The van der Waals surface area contributed by atoms with Crippen LogP contribution >= 0.6 is 0 Å². The molecule has 0 rings (SSSR count). The largest absolute Gasteiger partial charge is 0.480 e. The molecule has 5 heteroatoms. The maximum atomic E-state index is 11.1. The molecule has 0 aliphatic rings. The lowest BCUT2D eigenvalue weighted by molar-refractivity contribution is -0.147. The van der Waals surface area contributed by atoms with E-state index in [4.69, 9.17) is 5.11 Å². The van der Waals surface area contributed by atoms with Crippen LogP contribution in [0.5, 0.6) is 0 Å². The van der Waals surface area contributed by atoms with Crippen molar-refractivity contribution in [1.29, 1.82) is 0 Å². The summed E-state index contributed by atoms with van der Waals surface area (Å²) in [4.78, 5) is 22.9. The summed E-state index contributed by atoms with van der Waals surface area (Å²) < 4.78 is 4.66. The zero-order chi connectivity index (χ0) is 10.6. The van der Waals surface area contributed by atoms with Crippen molar-refractivity contribution in [3.63, 3.8) is 0 Å². The quantitative estimate of drug-likeness (QED) is 0.717. The number of carboxylic acid groups (broad SMARTS) is 1. The van der Waals surface area contributed by atoms with E-state index in [1.54, 1.807) is 6.92 Å². The lowest BCUT2D eigenvalue weighted by Gasteiger charge is -2.30. The van der Waals surface area contributed by atoms with Crippen molar-refractivity contribution < 1.29 is 19.4 Å². The second-order valence-corrected chi connectivity index (χ2v) is 3.12. The van der Waals surface area contributed by atoms with Crippen LogP contribution in [0.4, 0.5) is 4.79 Å². The number of carbonyl (C=O) groups excluding carboxylic acids is 1. The highest BCUT2D eigenvalue weighted by atomic mass is 16.6. The first-order valence-corrected chi connectivity index (χ1v) is 3.98. The van der Waals surface area contributed by atoms with E-state index in [0.29, 0.717) is 0 Å². The smallest absolute Gasteiger partial charge is 0.410 e. The zero-order valence-corrected chi connectivity index (χ0v) is 8.33. The fraction of sp³-hybridized carbons (Fsp3) is 0.750. The molecule has 0 aliphatic heterocycles. The molecule has 0 fully saturated rings. The molecular weight excluding hydrogens is 174 g/mol. The number of carboxylic acids is 1. The number of ether oxygens (including phenoxy) is 1. The minimum Gasteiger partial charge on any atom is -0.480 e. The van der Waals surface area contributed by atoms with Crippen LogP contribution in [-0.2, 0) is 9.53 Å². The number of rotatable bonds is 3. The second-order valence-electron chi connectivity index (χ2n) is 3.12. The van der Waals surface area contributed by atoms with Gasteiger partial charge in [0, 0.05) is 7.05 Å². The average Bonchev–Trinajstić information content (AvgIpc) is 2.03. The number of nitrogens with zero attached hydrogens (tertiary/aromatic N) is 1. The number of amides is 1. The zero-order valence-electron chi connectivity index (χ0n) is 8.33. The lowest BCUT2D eigenvalue weighted by Crippen LogP contribution is -2.50. The number of hydrogen-bond donors (Lipinski definition) is 1. The van der Waals surface area contributed by atoms with Gasteiger partial charge in [0.2, 0.25) is 0 Å². The third kappa shape index (κ3) is 2.61. The van der Waals surface area contributed by atoms with Gasteiger partial charge in [-0.3, -0.25) is 4.90 Å². The number of aliphatic carboxylic acids is 1. The van der Waals surface area contributed by atoms with Gasteiger partial charge in [0.1, 0.15) is 5.54 Å². The summed E-state index contributed by atoms with van der Waals surface area (Å²) in [5.41, 5.74) is -1.24. The summed E-state index contributed by atoms with van der Waals surface area (Å²) >= 11 is 0. The molecule has 0 aromatic rings. The number of carbonyl (C=O) groups is 2. The molecule has 0 heterocycles. The Hall–Kier alpha value is -1.26. The van der Waals surface area contributed by atoms with E-state index < -0.39 is 17.6 Å². The Morgan fingerprint density at radius 1 is 1.46 bits per heavy atom. The fourth-order valence-electron chi connectivity index (χ4n) is 0.592.